The summed E-state index contributed by atoms with van der Waals surface area (Å²) >= 11 is 0. The smallest absolute Gasteiger partial charge is 0.192 e. The van der Waals surface area contributed by atoms with E-state index in [-0.39, 0.29) is 34.0 Å². The normalized spacial score (nSPS) is 41.2. The van der Waals surface area contributed by atoms with Gasteiger partial charge in [-0.15, -0.1) is 0 Å². The van der Waals surface area contributed by atoms with Gasteiger partial charge in [0.25, 0.3) is 0 Å². The average Bonchev–Trinajstić information content (AvgIpc) is 3.05. The van der Waals surface area contributed by atoms with E-state index in [1.54, 1.807) is 0 Å². The van der Waals surface area contributed by atoms with Crippen LogP contribution in [0.15, 0.2) is 11.6 Å². The lowest BCUT2D eigenvalue weighted by atomic mass is 9.47. The molecule has 0 amide bonds. The van der Waals surface area contributed by atoms with Crippen LogP contribution < -0.4 is 0 Å². The third-order valence-electron chi connectivity index (χ3n) is 10.9. The van der Waals surface area contributed by atoms with Crippen LogP contribution in [0.2, 0.25) is 57.4 Å². The van der Waals surface area contributed by atoms with Gasteiger partial charge in [-0.3, -0.25) is 0 Å². The fourth-order valence-corrected chi connectivity index (χ4v) is 11.4. The molecule has 0 N–H and O–H groups in total. The summed E-state index contributed by atoms with van der Waals surface area (Å²) in [6, 6.07) is 0. The van der Waals surface area contributed by atoms with E-state index in [0.29, 0.717) is 11.8 Å². The van der Waals surface area contributed by atoms with Crippen LogP contribution in [0, 0.1) is 28.6 Å². The highest BCUT2D eigenvalue weighted by Gasteiger charge is 2.61. The van der Waals surface area contributed by atoms with Crippen molar-refractivity contribution in [3.05, 3.63) is 11.6 Å². The molecule has 0 aromatic carbocycles. The van der Waals surface area contributed by atoms with Gasteiger partial charge in [-0.05, 0) is 132 Å². The van der Waals surface area contributed by atoms with Crippen molar-refractivity contribution in [2.24, 2.45) is 28.6 Å². The van der Waals surface area contributed by atoms with Crippen LogP contribution in [0.25, 0.3) is 0 Å². The van der Waals surface area contributed by atoms with E-state index in [9.17, 15) is 2.74 Å². The van der Waals surface area contributed by atoms with Crippen LogP contribution in [0.4, 0.5) is 0 Å². The third kappa shape index (κ3) is 6.00. The summed E-state index contributed by atoms with van der Waals surface area (Å²) in [6.07, 6.45) is 8.70. The maximum absolute atomic E-state index is 9.54. The van der Waals surface area contributed by atoms with E-state index in [2.05, 4.69) is 86.1 Å². The van der Waals surface area contributed by atoms with E-state index >= 15 is 0 Å². The molecule has 4 aliphatic rings. The summed E-state index contributed by atoms with van der Waals surface area (Å²) in [5.74, 6) is 0.729. The summed E-state index contributed by atoms with van der Waals surface area (Å²) in [5, 5.41) is 0.159. The van der Waals surface area contributed by atoms with E-state index in [0.717, 1.165) is 51.6 Å². The zero-order valence-corrected chi connectivity index (χ0v) is 29.3. The highest BCUT2D eigenvalue weighted by molar-refractivity contribution is 6.74. The van der Waals surface area contributed by atoms with Gasteiger partial charge in [0.15, 0.2) is 25.0 Å². The van der Waals surface area contributed by atoms with Crippen LogP contribution in [0.5, 0.6) is 0 Å². The fourth-order valence-electron chi connectivity index (χ4n) is 7.92. The minimum absolute atomic E-state index is 0.0349. The molecule has 0 aromatic heterocycles. The van der Waals surface area contributed by atoms with Crippen LogP contribution in [-0.2, 0) is 13.3 Å². The average molecular weight is 567 g/mol. The molecule has 7 atom stereocenters. The second-order valence-electron chi connectivity index (χ2n) is 16.7. The van der Waals surface area contributed by atoms with Gasteiger partial charge < -0.3 is 13.3 Å². The lowest BCUT2D eigenvalue weighted by Gasteiger charge is -2.60. The molecule has 3 fully saturated rings. The van der Waals surface area contributed by atoms with Crippen LogP contribution in [0.1, 0.15) is 81.8 Å². The topological polar surface area (TPSA) is 27.7 Å². The summed E-state index contributed by atoms with van der Waals surface area (Å²) in [6.45, 7) is 28.7. The summed E-state index contributed by atoms with van der Waals surface area (Å²) in [7, 11) is -5.32. The molecule has 37 heavy (non-hydrogen) atoms. The monoisotopic (exact) mass is 566 g/mol. The number of rotatable bonds is 7. The number of fused-ring (bicyclic) bond motifs is 5. The highest BCUT2D eigenvalue weighted by atomic mass is 28.4. The first-order valence-corrected chi connectivity index (χ1v) is 25.0. The summed E-state index contributed by atoms with van der Waals surface area (Å²) in [5.41, 5.74) is 1.32. The Labute approximate surface area is 236 Å². The van der Waals surface area contributed by atoms with Crippen LogP contribution in [-0.4, -0.2) is 43.8 Å². The minimum Gasteiger partial charge on any atom is -0.416 e. The van der Waals surface area contributed by atoms with Crippen molar-refractivity contribution >= 4 is 25.0 Å². The first-order valence-electron chi connectivity index (χ1n) is 16.2. The molecular formula is C31H60O3Si3. The van der Waals surface area contributed by atoms with E-state index < -0.39 is 31.3 Å². The molecule has 214 valence electrons. The molecule has 6 heteroatoms. The van der Waals surface area contributed by atoms with Gasteiger partial charge in [0.1, 0.15) is 0 Å². The number of allylic oxidation sites excluding steroid dienone is 1. The Balaban J connectivity index is 1.73. The molecule has 0 bridgehead atoms. The van der Waals surface area contributed by atoms with Gasteiger partial charge >= 0.3 is 0 Å². The van der Waals surface area contributed by atoms with Crippen LogP contribution >= 0.6 is 0 Å². The molecule has 3 nitrogen and oxygen atoms in total. The Hall–Kier alpha value is 0.271. The molecule has 0 unspecified atom stereocenters. The van der Waals surface area contributed by atoms with E-state index in [1.165, 1.54) is 5.57 Å². The van der Waals surface area contributed by atoms with Crippen molar-refractivity contribution in [2.75, 3.05) is 6.61 Å². The summed E-state index contributed by atoms with van der Waals surface area (Å²) in [4.78, 5) is 0. The predicted octanol–water partition coefficient (Wildman–Crippen LogP) is 9.39. The van der Waals surface area contributed by atoms with Gasteiger partial charge in [0.2, 0.25) is 0 Å². The maximum atomic E-state index is 9.54. The lowest BCUT2D eigenvalue weighted by molar-refractivity contribution is -0.0832. The standard InChI is InChI=1S/C31H60O3Si3/c1-29(2,3)37(11,12)32-22-31-20-17-24(33-35(5,6)7)21-23(31)13-14-25-26-15-16-28(34-36(8,9)10)30(26,4)19-18-27(25)31/h13,24-28H,14-22H2,1-12H3/t24-,25-,26-,27-,28-,30-,31+/m0/s1/i14D2. The maximum Gasteiger partial charge on any atom is 0.192 e. The van der Waals surface area contributed by atoms with Gasteiger partial charge in [-0.1, -0.05) is 39.3 Å². The lowest BCUT2D eigenvalue weighted by Crippen LogP contribution is -2.56. The molecule has 3 saturated carbocycles. The Morgan fingerprint density at radius 2 is 1.54 bits per heavy atom. The quantitative estimate of drug-likeness (QED) is 0.227. The third-order valence-corrected chi connectivity index (χ3v) is 17.4. The predicted molar refractivity (Wildman–Crippen MR) is 166 cm³/mol. The fraction of sp³-hybridized carbons (Fsp3) is 0.935. The largest absolute Gasteiger partial charge is 0.416 e. The van der Waals surface area contributed by atoms with Gasteiger partial charge in [-0.2, -0.15) is 0 Å². The number of hydrogen-bond donors (Lipinski definition) is 0. The van der Waals surface area contributed by atoms with Gasteiger partial charge in [0.05, 0.1) is 6.10 Å². The Morgan fingerprint density at radius 1 is 0.892 bits per heavy atom. The molecule has 0 spiro atoms. The Morgan fingerprint density at radius 3 is 2.14 bits per heavy atom. The van der Waals surface area contributed by atoms with E-state index in [1.807, 2.05) is 0 Å². The van der Waals surface area contributed by atoms with Gasteiger partial charge in [0, 0.05) is 20.9 Å². The molecular weight excluding hydrogens is 505 g/mol. The minimum atomic E-state index is -1.96. The molecule has 0 aliphatic heterocycles. The highest BCUT2D eigenvalue weighted by Crippen LogP contribution is 2.66. The molecule has 0 saturated heterocycles. The second kappa shape index (κ2) is 9.97. The molecule has 0 heterocycles. The van der Waals surface area contributed by atoms with Crippen molar-refractivity contribution in [3.8, 4) is 0 Å². The first-order chi connectivity index (χ1) is 17.5. The molecule has 0 aromatic rings. The van der Waals surface area contributed by atoms with Crippen molar-refractivity contribution in [2.45, 2.75) is 149 Å². The second-order valence-corrected chi connectivity index (χ2v) is 30.4. The zero-order chi connectivity index (χ0) is 29.4. The zero-order valence-electron chi connectivity index (χ0n) is 28.3. The molecule has 4 aliphatic carbocycles. The van der Waals surface area contributed by atoms with Gasteiger partial charge in [-0.25, -0.2) is 0 Å². The Bertz CT molecular complexity index is 948. The summed E-state index contributed by atoms with van der Waals surface area (Å²) < 4.78 is 39.6. The number of hydrogen-bond acceptors (Lipinski definition) is 3. The molecule has 0 radical (unpaired) electrons. The van der Waals surface area contributed by atoms with Crippen molar-refractivity contribution < 1.29 is 16.0 Å². The SMILES string of the molecule is [2H]C1([2H])C=C2C[C@@H](O[Si](C)(C)C)CC[C@]2(CO[Si](C)(C)C(C)(C)C)[C@H]2CC[C@]3(C)[C@@H](O[Si](C)(C)C)CC[C@H]3[C@@H]21. The van der Waals surface area contributed by atoms with Crippen molar-refractivity contribution in [1.82, 2.24) is 0 Å². The Kier molecular flexibility index (Phi) is 7.39. The van der Waals surface area contributed by atoms with Crippen molar-refractivity contribution in [3.63, 3.8) is 0 Å². The first kappa shape index (κ1) is 27.4. The van der Waals surface area contributed by atoms with E-state index in [4.69, 9.17) is 13.3 Å². The van der Waals surface area contributed by atoms with Crippen molar-refractivity contribution in [1.29, 1.82) is 0 Å². The van der Waals surface area contributed by atoms with Crippen LogP contribution in [0.3, 0.4) is 0 Å². The molecule has 4 rings (SSSR count).